The number of thiazole rings is 1. The van der Waals surface area contributed by atoms with Gasteiger partial charge in [-0.1, -0.05) is 25.1 Å². The van der Waals surface area contributed by atoms with Gasteiger partial charge in [-0.05, 0) is 31.0 Å². The van der Waals surface area contributed by atoms with Crippen molar-refractivity contribution in [1.82, 2.24) is 19.9 Å². The summed E-state index contributed by atoms with van der Waals surface area (Å²) in [4.78, 5) is 28.4. The quantitative estimate of drug-likeness (QED) is 0.679. The van der Waals surface area contributed by atoms with Crippen molar-refractivity contribution in [2.45, 2.75) is 26.4 Å². The van der Waals surface area contributed by atoms with Crippen LogP contribution >= 0.6 is 11.3 Å². The standard InChI is InChI=1S/C20H20N4O2S/c1-3-15-17(27-19(23-15)18-21-9-6-10-22-18)20(25)24-11-14(12-24)26-16-8-5-4-7-13(16)2/h4-10,14H,3,11-12H2,1-2H3. The molecule has 3 aromatic rings. The van der Waals surface area contributed by atoms with Crippen LogP contribution in [0.15, 0.2) is 42.7 Å². The number of benzene rings is 1. The summed E-state index contributed by atoms with van der Waals surface area (Å²) in [5, 5.41) is 0.684. The van der Waals surface area contributed by atoms with Crippen molar-refractivity contribution in [3.63, 3.8) is 0 Å². The van der Waals surface area contributed by atoms with Crippen LogP contribution in [0.25, 0.3) is 10.8 Å². The highest BCUT2D eigenvalue weighted by Crippen LogP contribution is 2.29. The molecule has 1 saturated heterocycles. The van der Waals surface area contributed by atoms with E-state index in [1.807, 2.05) is 43.0 Å². The van der Waals surface area contributed by atoms with E-state index in [0.717, 1.165) is 17.0 Å². The van der Waals surface area contributed by atoms with E-state index in [-0.39, 0.29) is 12.0 Å². The highest BCUT2D eigenvalue weighted by atomic mass is 32.1. The maximum absolute atomic E-state index is 12.9. The van der Waals surface area contributed by atoms with E-state index in [2.05, 4.69) is 15.0 Å². The average molecular weight is 380 g/mol. The Morgan fingerprint density at radius 1 is 1.22 bits per heavy atom. The van der Waals surface area contributed by atoms with Crippen molar-refractivity contribution >= 4 is 17.2 Å². The van der Waals surface area contributed by atoms with Crippen LogP contribution in [0, 0.1) is 6.92 Å². The zero-order valence-corrected chi connectivity index (χ0v) is 16.1. The molecule has 0 unspecified atom stereocenters. The molecule has 2 aromatic heterocycles. The van der Waals surface area contributed by atoms with Crippen LogP contribution in [-0.4, -0.2) is 45.0 Å². The largest absolute Gasteiger partial charge is 0.486 e. The molecule has 0 aliphatic carbocycles. The lowest BCUT2D eigenvalue weighted by molar-refractivity contribution is 0.0178. The predicted octanol–water partition coefficient (Wildman–Crippen LogP) is 3.37. The molecule has 1 aliphatic rings. The Morgan fingerprint density at radius 2 is 1.96 bits per heavy atom. The van der Waals surface area contributed by atoms with Crippen LogP contribution in [0.3, 0.4) is 0 Å². The van der Waals surface area contributed by atoms with Gasteiger partial charge in [0, 0.05) is 12.4 Å². The summed E-state index contributed by atoms with van der Waals surface area (Å²) in [6.45, 7) is 5.20. The number of amides is 1. The SMILES string of the molecule is CCc1nc(-c2ncccn2)sc1C(=O)N1CC(Oc2ccccc2C)C1. The number of hydrogen-bond acceptors (Lipinski definition) is 6. The zero-order valence-electron chi connectivity index (χ0n) is 15.3. The lowest BCUT2D eigenvalue weighted by Gasteiger charge is -2.39. The van der Waals surface area contributed by atoms with Crippen LogP contribution < -0.4 is 4.74 Å². The zero-order chi connectivity index (χ0) is 18.8. The third kappa shape index (κ3) is 3.55. The molecule has 138 valence electrons. The molecular formula is C20H20N4O2S. The molecule has 7 heteroatoms. The number of likely N-dealkylation sites (tertiary alicyclic amines) is 1. The maximum Gasteiger partial charge on any atom is 0.266 e. The summed E-state index contributed by atoms with van der Waals surface area (Å²) >= 11 is 1.36. The second-order valence-corrected chi connectivity index (χ2v) is 7.44. The van der Waals surface area contributed by atoms with E-state index >= 15 is 0 Å². The number of hydrogen-bond donors (Lipinski definition) is 0. The smallest absolute Gasteiger partial charge is 0.266 e. The Labute approximate surface area is 161 Å². The van der Waals surface area contributed by atoms with Gasteiger partial charge in [-0.15, -0.1) is 11.3 Å². The first-order chi connectivity index (χ1) is 13.2. The van der Waals surface area contributed by atoms with Crippen molar-refractivity contribution in [3.05, 3.63) is 58.9 Å². The second kappa shape index (κ2) is 7.44. The average Bonchev–Trinajstić information content (AvgIpc) is 3.10. The minimum absolute atomic E-state index is 0.0103. The fraction of sp³-hybridized carbons (Fsp3) is 0.300. The van der Waals surface area contributed by atoms with Gasteiger partial charge < -0.3 is 9.64 Å². The molecule has 1 aliphatic heterocycles. The molecule has 4 rings (SSSR count). The number of aromatic nitrogens is 3. The van der Waals surface area contributed by atoms with Crippen LogP contribution in [0.1, 0.15) is 27.9 Å². The molecule has 0 atom stereocenters. The summed E-state index contributed by atoms with van der Waals surface area (Å²) in [6, 6.07) is 9.70. The first-order valence-corrected chi connectivity index (χ1v) is 9.76. The molecule has 3 heterocycles. The fourth-order valence-electron chi connectivity index (χ4n) is 2.95. The van der Waals surface area contributed by atoms with Crippen molar-refractivity contribution in [2.24, 2.45) is 0 Å². The normalized spacial score (nSPS) is 14.1. The van der Waals surface area contributed by atoms with Gasteiger partial charge in [-0.3, -0.25) is 4.79 Å². The molecule has 0 N–H and O–H groups in total. The Balaban J connectivity index is 1.45. The van der Waals surface area contributed by atoms with Gasteiger partial charge in [0.25, 0.3) is 5.91 Å². The predicted molar refractivity (Wildman–Crippen MR) is 104 cm³/mol. The van der Waals surface area contributed by atoms with Gasteiger partial charge in [0.2, 0.25) is 0 Å². The molecular weight excluding hydrogens is 360 g/mol. The van der Waals surface area contributed by atoms with Crippen LogP contribution in [0.4, 0.5) is 0 Å². The topological polar surface area (TPSA) is 68.2 Å². The van der Waals surface area contributed by atoms with Crippen molar-refractivity contribution in [3.8, 4) is 16.6 Å². The van der Waals surface area contributed by atoms with Crippen molar-refractivity contribution in [2.75, 3.05) is 13.1 Å². The summed E-state index contributed by atoms with van der Waals surface area (Å²) in [6.07, 6.45) is 4.09. The number of aryl methyl sites for hydroxylation is 2. The van der Waals surface area contributed by atoms with E-state index < -0.39 is 0 Å². The summed E-state index contributed by atoms with van der Waals surface area (Å²) in [7, 11) is 0. The maximum atomic E-state index is 12.9. The van der Waals surface area contributed by atoms with Gasteiger partial charge in [0.1, 0.15) is 16.7 Å². The minimum atomic E-state index is 0.0103. The van der Waals surface area contributed by atoms with Crippen LogP contribution in [0.2, 0.25) is 0 Å². The first-order valence-electron chi connectivity index (χ1n) is 8.94. The Kier molecular flexibility index (Phi) is 4.85. The third-order valence-electron chi connectivity index (χ3n) is 4.51. The molecule has 0 saturated carbocycles. The van der Waals surface area contributed by atoms with Gasteiger partial charge in [-0.2, -0.15) is 0 Å². The molecule has 27 heavy (non-hydrogen) atoms. The summed E-state index contributed by atoms with van der Waals surface area (Å²) in [5.74, 6) is 1.45. The Bertz CT molecular complexity index is 952. The molecule has 1 amide bonds. The van der Waals surface area contributed by atoms with Crippen LogP contribution in [0.5, 0.6) is 5.75 Å². The highest BCUT2D eigenvalue weighted by Gasteiger charge is 2.35. The molecule has 0 spiro atoms. The monoisotopic (exact) mass is 380 g/mol. The van der Waals surface area contributed by atoms with Gasteiger partial charge in [-0.25, -0.2) is 15.0 Å². The number of ether oxygens (including phenoxy) is 1. The Morgan fingerprint density at radius 3 is 2.67 bits per heavy atom. The molecule has 0 radical (unpaired) electrons. The summed E-state index contributed by atoms with van der Waals surface area (Å²) in [5.41, 5.74) is 1.90. The van der Waals surface area contributed by atoms with E-state index in [0.29, 0.717) is 35.2 Å². The van der Waals surface area contributed by atoms with Gasteiger partial charge in [0.05, 0.1) is 18.8 Å². The lowest BCUT2D eigenvalue weighted by Crippen LogP contribution is -2.56. The molecule has 1 fully saturated rings. The van der Waals surface area contributed by atoms with E-state index in [1.165, 1.54) is 11.3 Å². The fourth-order valence-corrected chi connectivity index (χ4v) is 4.02. The van der Waals surface area contributed by atoms with Crippen molar-refractivity contribution < 1.29 is 9.53 Å². The third-order valence-corrected chi connectivity index (χ3v) is 5.59. The molecule has 6 nitrogen and oxygen atoms in total. The Hall–Kier alpha value is -2.80. The van der Waals surface area contributed by atoms with Crippen LogP contribution in [-0.2, 0) is 6.42 Å². The van der Waals surface area contributed by atoms with Gasteiger partial charge in [0.15, 0.2) is 10.8 Å². The number of para-hydroxylation sites is 1. The minimum Gasteiger partial charge on any atom is -0.486 e. The number of rotatable bonds is 5. The highest BCUT2D eigenvalue weighted by molar-refractivity contribution is 7.17. The van der Waals surface area contributed by atoms with E-state index in [1.54, 1.807) is 18.5 Å². The molecule has 1 aromatic carbocycles. The lowest BCUT2D eigenvalue weighted by atomic mass is 10.1. The second-order valence-electron chi connectivity index (χ2n) is 6.44. The number of nitrogens with zero attached hydrogens (tertiary/aromatic N) is 4. The summed E-state index contributed by atoms with van der Waals surface area (Å²) < 4.78 is 6.00. The first kappa shape index (κ1) is 17.6. The number of carbonyl (C=O) groups is 1. The van der Waals surface area contributed by atoms with E-state index in [4.69, 9.17) is 4.74 Å². The number of carbonyl (C=O) groups excluding carboxylic acids is 1. The van der Waals surface area contributed by atoms with Gasteiger partial charge >= 0.3 is 0 Å². The van der Waals surface area contributed by atoms with Crippen molar-refractivity contribution in [1.29, 1.82) is 0 Å². The molecule has 0 bridgehead atoms. The van der Waals surface area contributed by atoms with E-state index in [9.17, 15) is 4.79 Å².